The lowest BCUT2D eigenvalue weighted by molar-refractivity contribution is -0.0979. The molecular formula is C15H23N3O2. The van der Waals surface area contributed by atoms with Crippen LogP contribution in [0.25, 0.3) is 0 Å². The minimum absolute atomic E-state index is 0.125. The summed E-state index contributed by atoms with van der Waals surface area (Å²) >= 11 is 0. The third-order valence-electron chi connectivity index (χ3n) is 4.40. The van der Waals surface area contributed by atoms with E-state index in [4.69, 9.17) is 15.7 Å². The van der Waals surface area contributed by atoms with Crippen molar-refractivity contribution in [2.75, 3.05) is 7.11 Å². The Hall–Kier alpha value is -1.59. The van der Waals surface area contributed by atoms with Gasteiger partial charge in [-0.1, -0.05) is 43.3 Å². The van der Waals surface area contributed by atoms with Crippen LogP contribution < -0.4 is 11.1 Å². The number of nitrogens with one attached hydrogen (secondary N) is 1. The highest BCUT2D eigenvalue weighted by Crippen LogP contribution is 2.42. The molecule has 1 aromatic carbocycles. The number of rotatable bonds is 5. The van der Waals surface area contributed by atoms with Crippen LogP contribution in [0.5, 0.6) is 0 Å². The molecule has 5 nitrogen and oxygen atoms in total. The molecule has 2 unspecified atom stereocenters. The van der Waals surface area contributed by atoms with Gasteiger partial charge < -0.3 is 21.0 Å². The molecule has 0 aliphatic heterocycles. The van der Waals surface area contributed by atoms with Crippen LogP contribution in [0.2, 0.25) is 0 Å². The molecule has 4 N–H and O–H groups in total. The largest absolute Gasteiger partial charge is 0.409 e. The second kappa shape index (κ2) is 5.81. The lowest BCUT2D eigenvalue weighted by Crippen LogP contribution is -2.60. The number of nitrogens with two attached hydrogens (primary N) is 1. The summed E-state index contributed by atoms with van der Waals surface area (Å²) in [6.45, 7) is 5.10. The molecule has 2 rings (SSSR count). The molecule has 1 saturated carbocycles. The standard InChI is InChI=1S/C15H23N3O2/c1-15(2)12(8-13(15)20-3)17-9-10-6-4-5-7-11(10)14(16)18-19/h4-7,12-13,17,19H,8-9H2,1-3H3,(H2,16,18). The second-order valence-corrected chi connectivity index (χ2v) is 5.86. The van der Waals surface area contributed by atoms with Crippen molar-refractivity contribution in [2.45, 2.75) is 39.0 Å². The maximum Gasteiger partial charge on any atom is 0.170 e. The fraction of sp³-hybridized carbons (Fsp3) is 0.533. The lowest BCUT2D eigenvalue weighted by Gasteiger charge is -2.51. The molecule has 1 aromatic rings. The number of amidine groups is 1. The third-order valence-corrected chi connectivity index (χ3v) is 4.40. The molecule has 0 heterocycles. The van der Waals surface area contributed by atoms with Gasteiger partial charge in [-0.15, -0.1) is 0 Å². The normalized spacial score (nSPS) is 25.2. The average molecular weight is 277 g/mol. The molecule has 0 amide bonds. The zero-order chi connectivity index (χ0) is 14.8. The lowest BCUT2D eigenvalue weighted by atomic mass is 9.64. The van der Waals surface area contributed by atoms with Crippen LogP contribution >= 0.6 is 0 Å². The summed E-state index contributed by atoms with van der Waals surface area (Å²) in [5, 5.41) is 15.4. The summed E-state index contributed by atoms with van der Waals surface area (Å²) in [6.07, 6.45) is 1.31. The molecule has 1 aliphatic rings. The minimum Gasteiger partial charge on any atom is -0.409 e. The highest BCUT2D eigenvalue weighted by molar-refractivity contribution is 5.98. The molecule has 110 valence electrons. The highest BCUT2D eigenvalue weighted by Gasteiger charge is 2.48. The van der Waals surface area contributed by atoms with E-state index in [1.165, 1.54) is 0 Å². The number of methoxy groups -OCH3 is 1. The Bertz CT molecular complexity index is 500. The number of benzene rings is 1. The summed E-state index contributed by atoms with van der Waals surface area (Å²) in [5.41, 5.74) is 7.62. The van der Waals surface area contributed by atoms with Gasteiger partial charge in [0.15, 0.2) is 5.84 Å². The Labute approximate surface area is 119 Å². The quantitative estimate of drug-likeness (QED) is 0.331. The van der Waals surface area contributed by atoms with Crippen molar-refractivity contribution >= 4 is 5.84 Å². The number of nitrogens with zero attached hydrogens (tertiary/aromatic N) is 1. The molecule has 0 bridgehead atoms. The molecule has 5 heteroatoms. The van der Waals surface area contributed by atoms with Crippen molar-refractivity contribution in [3.63, 3.8) is 0 Å². The molecular weight excluding hydrogens is 254 g/mol. The molecule has 0 radical (unpaired) electrons. The topological polar surface area (TPSA) is 79.9 Å². The molecule has 0 spiro atoms. The van der Waals surface area contributed by atoms with Crippen LogP contribution in [-0.2, 0) is 11.3 Å². The molecule has 1 fully saturated rings. The van der Waals surface area contributed by atoms with Crippen molar-refractivity contribution in [3.05, 3.63) is 35.4 Å². The first-order chi connectivity index (χ1) is 9.50. The van der Waals surface area contributed by atoms with Gasteiger partial charge in [0.1, 0.15) is 0 Å². The van der Waals surface area contributed by atoms with Crippen molar-refractivity contribution in [3.8, 4) is 0 Å². The van der Waals surface area contributed by atoms with Crippen molar-refractivity contribution < 1.29 is 9.94 Å². The molecule has 2 atom stereocenters. The Morgan fingerprint density at radius 3 is 2.80 bits per heavy atom. The zero-order valence-corrected chi connectivity index (χ0v) is 12.3. The Morgan fingerprint density at radius 1 is 1.50 bits per heavy atom. The van der Waals surface area contributed by atoms with Crippen LogP contribution in [0.1, 0.15) is 31.4 Å². The van der Waals surface area contributed by atoms with Gasteiger partial charge in [0, 0.05) is 30.7 Å². The first kappa shape index (κ1) is 14.8. The molecule has 0 aromatic heterocycles. The molecule has 1 aliphatic carbocycles. The van der Waals surface area contributed by atoms with E-state index in [-0.39, 0.29) is 11.3 Å². The minimum atomic E-state index is 0.125. The summed E-state index contributed by atoms with van der Waals surface area (Å²) in [5.74, 6) is 0.144. The van der Waals surface area contributed by atoms with Gasteiger partial charge in [-0.05, 0) is 12.0 Å². The predicted octanol–water partition coefficient (Wildman–Crippen LogP) is 1.68. The summed E-state index contributed by atoms with van der Waals surface area (Å²) in [6, 6.07) is 8.09. The summed E-state index contributed by atoms with van der Waals surface area (Å²) < 4.78 is 5.45. The van der Waals surface area contributed by atoms with Gasteiger partial charge in [0.25, 0.3) is 0 Å². The van der Waals surface area contributed by atoms with E-state index < -0.39 is 0 Å². The van der Waals surface area contributed by atoms with Crippen LogP contribution in [0.3, 0.4) is 0 Å². The monoisotopic (exact) mass is 277 g/mol. The first-order valence-corrected chi connectivity index (χ1v) is 6.82. The van der Waals surface area contributed by atoms with Gasteiger partial charge in [0.2, 0.25) is 0 Å². The van der Waals surface area contributed by atoms with Gasteiger partial charge in [-0.25, -0.2) is 0 Å². The predicted molar refractivity (Wildman–Crippen MR) is 78.8 cm³/mol. The molecule has 0 saturated heterocycles. The fourth-order valence-corrected chi connectivity index (χ4v) is 2.84. The Morgan fingerprint density at radius 2 is 2.20 bits per heavy atom. The van der Waals surface area contributed by atoms with Gasteiger partial charge >= 0.3 is 0 Å². The van der Waals surface area contributed by atoms with E-state index >= 15 is 0 Å². The van der Waals surface area contributed by atoms with E-state index in [0.717, 1.165) is 17.5 Å². The van der Waals surface area contributed by atoms with Gasteiger partial charge in [-0.2, -0.15) is 0 Å². The van der Waals surface area contributed by atoms with Crippen molar-refractivity contribution in [1.82, 2.24) is 5.32 Å². The van der Waals surface area contributed by atoms with E-state index in [1.807, 2.05) is 24.3 Å². The average Bonchev–Trinajstić information content (AvgIpc) is 2.46. The van der Waals surface area contributed by atoms with Crippen LogP contribution in [0.15, 0.2) is 29.4 Å². The SMILES string of the molecule is COC1CC(NCc2ccccc2/C(N)=N/O)C1(C)C. The van der Waals surface area contributed by atoms with E-state index in [1.54, 1.807) is 7.11 Å². The Kier molecular flexibility index (Phi) is 4.30. The van der Waals surface area contributed by atoms with Crippen LogP contribution in [0, 0.1) is 5.41 Å². The maximum atomic E-state index is 8.82. The van der Waals surface area contributed by atoms with Gasteiger partial charge in [0.05, 0.1) is 6.10 Å². The number of ether oxygens (including phenoxy) is 1. The van der Waals surface area contributed by atoms with Crippen LogP contribution in [-0.4, -0.2) is 30.3 Å². The smallest absolute Gasteiger partial charge is 0.170 e. The van der Waals surface area contributed by atoms with E-state index in [2.05, 4.69) is 24.3 Å². The maximum absolute atomic E-state index is 8.82. The van der Waals surface area contributed by atoms with Crippen molar-refractivity contribution in [2.24, 2.45) is 16.3 Å². The van der Waals surface area contributed by atoms with Gasteiger partial charge in [-0.3, -0.25) is 0 Å². The fourth-order valence-electron chi connectivity index (χ4n) is 2.84. The molecule has 20 heavy (non-hydrogen) atoms. The first-order valence-electron chi connectivity index (χ1n) is 6.82. The number of oxime groups is 1. The number of hydrogen-bond donors (Lipinski definition) is 3. The number of hydrogen-bond acceptors (Lipinski definition) is 4. The summed E-state index contributed by atoms with van der Waals surface area (Å²) in [4.78, 5) is 0. The third kappa shape index (κ3) is 2.64. The summed E-state index contributed by atoms with van der Waals surface area (Å²) in [7, 11) is 1.76. The van der Waals surface area contributed by atoms with E-state index in [0.29, 0.717) is 18.7 Å². The van der Waals surface area contributed by atoms with Crippen molar-refractivity contribution in [1.29, 1.82) is 0 Å². The Balaban J connectivity index is 2.03. The van der Waals surface area contributed by atoms with E-state index in [9.17, 15) is 0 Å². The highest BCUT2D eigenvalue weighted by atomic mass is 16.5. The van der Waals surface area contributed by atoms with Crippen LogP contribution in [0.4, 0.5) is 0 Å². The zero-order valence-electron chi connectivity index (χ0n) is 12.3. The second-order valence-electron chi connectivity index (χ2n) is 5.86.